The Balaban J connectivity index is 2.80. The Kier molecular flexibility index (Phi) is 6.45. The smallest absolute Gasteiger partial charge is 0.255 e. The summed E-state index contributed by atoms with van der Waals surface area (Å²) in [6.45, 7) is 7.67. The maximum absolute atomic E-state index is 12.3. The van der Waals surface area contributed by atoms with Crippen LogP contribution in [-0.4, -0.2) is 49.0 Å². The van der Waals surface area contributed by atoms with E-state index in [0.717, 1.165) is 30.9 Å². The number of rotatable bonds is 7. The zero-order valence-electron chi connectivity index (χ0n) is 13.2. The summed E-state index contributed by atoms with van der Waals surface area (Å²) in [5, 5.41) is 6.29. The van der Waals surface area contributed by atoms with Crippen LogP contribution in [0.25, 0.3) is 0 Å². The first-order chi connectivity index (χ1) is 9.43. The number of likely N-dealkylation sites (N-methyl/N-ethyl adjacent to an activating group) is 1. The van der Waals surface area contributed by atoms with Crippen molar-refractivity contribution < 1.29 is 4.79 Å². The van der Waals surface area contributed by atoms with Gasteiger partial charge >= 0.3 is 0 Å². The van der Waals surface area contributed by atoms with Crippen LogP contribution in [0.3, 0.4) is 0 Å². The van der Waals surface area contributed by atoms with Crippen LogP contribution in [0, 0.1) is 6.92 Å². The summed E-state index contributed by atoms with van der Waals surface area (Å²) in [5.41, 5.74) is 2.37. The second-order valence-electron chi connectivity index (χ2n) is 5.43. The van der Waals surface area contributed by atoms with Crippen molar-refractivity contribution in [1.29, 1.82) is 0 Å². The summed E-state index contributed by atoms with van der Waals surface area (Å²) >= 11 is 0. The molecule has 1 atom stereocenters. The number of carbonyl (C=O) groups is 1. The third-order valence-electron chi connectivity index (χ3n) is 2.87. The highest BCUT2D eigenvalue weighted by Gasteiger charge is 2.15. The van der Waals surface area contributed by atoms with E-state index in [1.807, 2.05) is 34.0 Å². The van der Waals surface area contributed by atoms with Crippen molar-refractivity contribution in [3.05, 3.63) is 23.5 Å². The van der Waals surface area contributed by atoms with Crippen LogP contribution in [0.1, 0.15) is 36.3 Å². The Bertz CT molecular complexity index is 445. The van der Waals surface area contributed by atoms with Crippen LogP contribution in [0.15, 0.2) is 12.3 Å². The summed E-state index contributed by atoms with van der Waals surface area (Å²) in [5.74, 6) is -0.0783. The fourth-order valence-corrected chi connectivity index (χ4v) is 2.04. The van der Waals surface area contributed by atoms with Crippen molar-refractivity contribution in [3.8, 4) is 0 Å². The Morgan fingerprint density at radius 1 is 1.45 bits per heavy atom. The van der Waals surface area contributed by atoms with Gasteiger partial charge in [-0.2, -0.15) is 0 Å². The highest BCUT2D eigenvalue weighted by molar-refractivity contribution is 5.99. The van der Waals surface area contributed by atoms with Crippen molar-refractivity contribution in [2.45, 2.75) is 33.2 Å². The fraction of sp³-hybridized carbons (Fsp3) is 0.600. The van der Waals surface area contributed by atoms with E-state index in [1.165, 1.54) is 0 Å². The number of nitrogens with zero attached hydrogens (tertiary/aromatic N) is 2. The first kappa shape index (κ1) is 16.4. The van der Waals surface area contributed by atoms with Gasteiger partial charge in [0, 0.05) is 31.0 Å². The second-order valence-corrected chi connectivity index (χ2v) is 5.43. The largest absolute Gasteiger partial charge is 0.384 e. The molecule has 1 unspecified atom stereocenters. The van der Waals surface area contributed by atoms with Gasteiger partial charge in [-0.15, -0.1) is 0 Å². The summed E-state index contributed by atoms with van der Waals surface area (Å²) < 4.78 is 0. The summed E-state index contributed by atoms with van der Waals surface area (Å²) in [6.07, 6.45) is 2.66. The van der Waals surface area contributed by atoms with Crippen LogP contribution in [0.2, 0.25) is 0 Å². The average molecular weight is 278 g/mol. The molecule has 0 aliphatic rings. The lowest BCUT2D eigenvalue weighted by atomic mass is 10.1. The van der Waals surface area contributed by atoms with Gasteiger partial charge in [0.1, 0.15) is 0 Å². The summed E-state index contributed by atoms with van der Waals surface area (Å²) in [7, 11) is 3.98. The molecule has 0 bridgehead atoms. The zero-order chi connectivity index (χ0) is 15.1. The molecular weight excluding hydrogens is 252 g/mol. The molecule has 2 N–H and O–H groups in total. The van der Waals surface area contributed by atoms with Gasteiger partial charge in [-0.3, -0.25) is 9.78 Å². The minimum Gasteiger partial charge on any atom is -0.384 e. The van der Waals surface area contributed by atoms with Crippen LogP contribution >= 0.6 is 0 Å². The number of amides is 1. The lowest BCUT2D eigenvalue weighted by molar-refractivity contribution is 0.0935. The number of pyridine rings is 1. The molecule has 5 heteroatoms. The van der Waals surface area contributed by atoms with Crippen LogP contribution in [0.5, 0.6) is 0 Å². The first-order valence-corrected chi connectivity index (χ1v) is 7.10. The number of carbonyl (C=O) groups excluding carboxylic acids is 1. The molecule has 0 aromatic carbocycles. The molecule has 1 heterocycles. The third kappa shape index (κ3) is 5.17. The molecular formula is C15H26N4O. The highest BCUT2D eigenvalue weighted by Crippen LogP contribution is 2.16. The normalized spacial score (nSPS) is 12.3. The van der Waals surface area contributed by atoms with Gasteiger partial charge in [0.2, 0.25) is 0 Å². The van der Waals surface area contributed by atoms with Gasteiger partial charge in [0.25, 0.3) is 5.91 Å². The van der Waals surface area contributed by atoms with Crippen LogP contribution < -0.4 is 10.6 Å². The predicted molar refractivity (Wildman–Crippen MR) is 83.2 cm³/mol. The number of aromatic nitrogens is 1. The van der Waals surface area contributed by atoms with E-state index >= 15 is 0 Å². The average Bonchev–Trinajstić information content (AvgIpc) is 2.35. The summed E-state index contributed by atoms with van der Waals surface area (Å²) in [4.78, 5) is 18.6. The van der Waals surface area contributed by atoms with E-state index in [-0.39, 0.29) is 11.9 Å². The van der Waals surface area contributed by atoms with Crippen molar-refractivity contribution >= 4 is 11.6 Å². The van der Waals surface area contributed by atoms with Crippen molar-refractivity contribution in [3.63, 3.8) is 0 Å². The van der Waals surface area contributed by atoms with E-state index in [2.05, 4.69) is 27.4 Å². The van der Waals surface area contributed by atoms with Crippen molar-refractivity contribution in [2.75, 3.05) is 32.5 Å². The zero-order valence-corrected chi connectivity index (χ0v) is 13.2. The fourth-order valence-electron chi connectivity index (χ4n) is 2.04. The van der Waals surface area contributed by atoms with Gasteiger partial charge in [-0.25, -0.2) is 0 Å². The highest BCUT2D eigenvalue weighted by atomic mass is 16.1. The third-order valence-corrected chi connectivity index (χ3v) is 2.87. The molecule has 0 saturated carbocycles. The maximum Gasteiger partial charge on any atom is 0.255 e. The molecule has 0 fully saturated rings. The van der Waals surface area contributed by atoms with E-state index in [1.54, 1.807) is 6.20 Å². The number of aryl methyl sites for hydroxylation is 1. The molecule has 0 spiro atoms. The van der Waals surface area contributed by atoms with E-state index < -0.39 is 0 Å². The van der Waals surface area contributed by atoms with Gasteiger partial charge in [0.05, 0.1) is 11.3 Å². The minimum absolute atomic E-state index is 0.0783. The quantitative estimate of drug-likeness (QED) is 0.800. The summed E-state index contributed by atoms with van der Waals surface area (Å²) in [6, 6.07) is 2.01. The molecule has 0 aliphatic carbocycles. The monoisotopic (exact) mass is 278 g/mol. The van der Waals surface area contributed by atoms with Crippen molar-refractivity contribution in [2.24, 2.45) is 0 Å². The van der Waals surface area contributed by atoms with Gasteiger partial charge in [-0.05, 0) is 40.4 Å². The van der Waals surface area contributed by atoms with Gasteiger partial charge in [0.15, 0.2) is 0 Å². The Labute approximate surface area is 121 Å². The predicted octanol–water partition coefficient (Wildman–Crippen LogP) is 1.89. The molecule has 1 aromatic heterocycles. The molecule has 0 saturated heterocycles. The van der Waals surface area contributed by atoms with Crippen LogP contribution in [-0.2, 0) is 0 Å². The molecule has 1 aromatic rings. The molecule has 0 radical (unpaired) electrons. The number of hydrogen-bond donors (Lipinski definition) is 2. The lowest BCUT2D eigenvalue weighted by Crippen LogP contribution is -2.39. The molecule has 112 valence electrons. The van der Waals surface area contributed by atoms with E-state index in [9.17, 15) is 4.79 Å². The molecule has 5 nitrogen and oxygen atoms in total. The SMILES string of the molecule is CCCNc1cc(C)ncc1C(=O)NC(C)CN(C)C. The molecule has 1 rings (SSSR count). The Hall–Kier alpha value is -1.62. The van der Waals surface area contributed by atoms with Gasteiger partial charge < -0.3 is 15.5 Å². The van der Waals surface area contributed by atoms with Crippen molar-refractivity contribution in [1.82, 2.24) is 15.2 Å². The standard InChI is InChI=1S/C15H26N4O/c1-6-7-16-14-8-11(2)17-9-13(14)15(20)18-12(3)10-19(4)5/h8-9,12H,6-7,10H2,1-5H3,(H,16,17)(H,18,20). The molecule has 1 amide bonds. The lowest BCUT2D eigenvalue weighted by Gasteiger charge is -2.19. The number of nitrogens with one attached hydrogen (secondary N) is 2. The number of hydrogen-bond acceptors (Lipinski definition) is 4. The topological polar surface area (TPSA) is 57.3 Å². The van der Waals surface area contributed by atoms with E-state index in [0.29, 0.717) is 5.56 Å². The first-order valence-electron chi connectivity index (χ1n) is 7.10. The van der Waals surface area contributed by atoms with E-state index in [4.69, 9.17) is 0 Å². The Morgan fingerprint density at radius 2 is 2.15 bits per heavy atom. The Morgan fingerprint density at radius 3 is 2.75 bits per heavy atom. The molecule has 0 aliphatic heterocycles. The second kappa shape index (κ2) is 7.85. The number of anilines is 1. The van der Waals surface area contributed by atoms with Gasteiger partial charge in [-0.1, -0.05) is 6.92 Å². The molecule has 20 heavy (non-hydrogen) atoms. The minimum atomic E-state index is -0.0783. The maximum atomic E-state index is 12.3. The van der Waals surface area contributed by atoms with Crippen LogP contribution in [0.4, 0.5) is 5.69 Å².